The summed E-state index contributed by atoms with van der Waals surface area (Å²) in [5, 5.41) is -1.49. The number of aliphatic imine (C=N–C) groups is 1. The predicted octanol–water partition coefficient (Wildman–Crippen LogP) is 2.41. The van der Waals surface area contributed by atoms with Gasteiger partial charge in [0, 0.05) is 0 Å². The number of alkyl halides is 3. The lowest BCUT2D eigenvalue weighted by atomic mass is 10.5. The summed E-state index contributed by atoms with van der Waals surface area (Å²) in [6.45, 7) is 0. The molecule has 0 spiro atoms. The Bertz CT molecular complexity index is 258. The second kappa shape index (κ2) is 5.43. The fourth-order valence-corrected chi connectivity index (χ4v) is 0.690. The van der Waals surface area contributed by atoms with Gasteiger partial charge in [-0.15, -0.1) is 0 Å². The van der Waals surface area contributed by atoms with E-state index >= 15 is 0 Å². The second-order valence-corrected chi connectivity index (χ2v) is 2.54. The Labute approximate surface area is 91.1 Å². The lowest BCUT2D eigenvalue weighted by Gasteiger charge is -2.01. The molecule has 0 aliphatic heterocycles. The van der Waals surface area contributed by atoms with Gasteiger partial charge in [0.05, 0.1) is 22.9 Å². The Morgan fingerprint density at radius 3 is 2.31 bits per heavy atom. The van der Waals surface area contributed by atoms with Gasteiger partial charge in [0.1, 0.15) is 0 Å². The number of nitrogens with zero attached hydrogens (tertiary/aromatic N) is 2. The first kappa shape index (κ1) is 12.7. The fraction of sp³-hybridized carbons (Fsp3) is 0.200. The van der Waals surface area contributed by atoms with Crippen LogP contribution in [0, 0.1) is 0 Å². The molecule has 0 unspecified atom stereocenters. The molecule has 0 bridgehead atoms. The molecule has 74 valence electrons. The zero-order chi connectivity index (χ0) is 10.5. The Balaban J connectivity index is 4.73. The first-order valence-electron chi connectivity index (χ1n) is 2.80. The van der Waals surface area contributed by atoms with Crippen molar-refractivity contribution >= 4 is 45.5 Å². The highest BCUT2D eigenvalue weighted by molar-refractivity contribution is 14.1. The van der Waals surface area contributed by atoms with Crippen molar-refractivity contribution in [1.29, 1.82) is 0 Å². The molecule has 0 aromatic carbocycles. The SMILES string of the molecule is NC=CC(=NI)N=C(Cl)C(F)(F)F. The maximum Gasteiger partial charge on any atom is 0.444 e. The molecule has 0 heterocycles. The van der Waals surface area contributed by atoms with Crippen LogP contribution in [0.15, 0.2) is 20.5 Å². The lowest BCUT2D eigenvalue weighted by molar-refractivity contribution is -0.0557. The molecule has 0 saturated carbocycles. The van der Waals surface area contributed by atoms with Crippen LogP contribution >= 0.6 is 34.5 Å². The molecule has 0 amide bonds. The average Bonchev–Trinajstić information content (AvgIpc) is 2.01. The summed E-state index contributed by atoms with van der Waals surface area (Å²) in [6, 6.07) is 0. The van der Waals surface area contributed by atoms with E-state index < -0.39 is 11.3 Å². The number of rotatable bonds is 1. The highest BCUT2D eigenvalue weighted by Gasteiger charge is 2.34. The quantitative estimate of drug-likeness (QED) is 0.449. The minimum atomic E-state index is -4.66. The lowest BCUT2D eigenvalue weighted by Crippen LogP contribution is -2.18. The molecule has 0 aromatic heterocycles. The van der Waals surface area contributed by atoms with Gasteiger partial charge < -0.3 is 5.73 Å². The summed E-state index contributed by atoms with van der Waals surface area (Å²) < 4.78 is 38.8. The van der Waals surface area contributed by atoms with Gasteiger partial charge in [0.2, 0.25) is 5.17 Å². The van der Waals surface area contributed by atoms with Crippen LogP contribution in [0.25, 0.3) is 0 Å². The monoisotopic (exact) mass is 325 g/mol. The summed E-state index contributed by atoms with van der Waals surface area (Å²) in [5.41, 5.74) is 4.93. The van der Waals surface area contributed by atoms with E-state index in [2.05, 4.69) is 8.20 Å². The standard InChI is InChI=1S/C5H4ClF3IN3/c6-4(5(7,8)9)12-3(13-10)1-2-11/h1-2H,11H2. The number of amidine groups is 1. The van der Waals surface area contributed by atoms with Crippen LogP contribution in [-0.4, -0.2) is 17.2 Å². The Hall–Kier alpha value is -0.310. The smallest absolute Gasteiger partial charge is 0.404 e. The molecule has 0 fully saturated rings. The van der Waals surface area contributed by atoms with Crippen LogP contribution in [0.1, 0.15) is 0 Å². The molecule has 2 N–H and O–H groups in total. The molecule has 0 aromatic rings. The van der Waals surface area contributed by atoms with Gasteiger partial charge in [-0.3, -0.25) is 0 Å². The predicted molar refractivity (Wildman–Crippen MR) is 54.1 cm³/mol. The van der Waals surface area contributed by atoms with Crippen molar-refractivity contribution < 1.29 is 13.2 Å². The average molecular weight is 325 g/mol. The summed E-state index contributed by atoms with van der Waals surface area (Å²) in [6.07, 6.45) is -2.54. The van der Waals surface area contributed by atoms with Crippen molar-refractivity contribution in [1.82, 2.24) is 0 Å². The highest BCUT2D eigenvalue weighted by atomic mass is 127. The molecule has 0 saturated heterocycles. The molecule has 3 nitrogen and oxygen atoms in total. The Kier molecular flexibility index (Phi) is 5.30. The minimum Gasteiger partial charge on any atom is -0.404 e. The van der Waals surface area contributed by atoms with E-state index in [-0.39, 0.29) is 5.84 Å². The van der Waals surface area contributed by atoms with Crippen LogP contribution < -0.4 is 5.73 Å². The first-order chi connectivity index (χ1) is 5.91. The Morgan fingerprint density at radius 1 is 1.46 bits per heavy atom. The largest absolute Gasteiger partial charge is 0.444 e. The van der Waals surface area contributed by atoms with Crippen LogP contribution in [-0.2, 0) is 0 Å². The molecular weight excluding hydrogens is 321 g/mol. The van der Waals surface area contributed by atoms with Crippen molar-refractivity contribution in [2.45, 2.75) is 6.18 Å². The van der Waals surface area contributed by atoms with E-state index in [0.717, 1.165) is 12.3 Å². The maximum atomic E-state index is 11.8. The Morgan fingerprint density at radius 2 is 2.00 bits per heavy atom. The molecule has 13 heavy (non-hydrogen) atoms. The summed E-state index contributed by atoms with van der Waals surface area (Å²) in [4.78, 5) is 2.99. The van der Waals surface area contributed by atoms with Crippen molar-refractivity contribution in [3.8, 4) is 0 Å². The first-order valence-corrected chi connectivity index (χ1v) is 4.14. The van der Waals surface area contributed by atoms with E-state index in [0.29, 0.717) is 0 Å². The molecule has 0 aliphatic rings. The van der Waals surface area contributed by atoms with Gasteiger partial charge in [0.25, 0.3) is 0 Å². The van der Waals surface area contributed by atoms with Crippen LogP contribution in [0.3, 0.4) is 0 Å². The zero-order valence-electron chi connectivity index (χ0n) is 6.02. The summed E-state index contributed by atoms with van der Waals surface area (Å²) in [5.74, 6) is -0.203. The third kappa shape index (κ3) is 5.09. The van der Waals surface area contributed by atoms with Crippen LogP contribution in [0.5, 0.6) is 0 Å². The van der Waals surface area contributed by atoms with Gasteiger partial charge in [0.15, 0.2) is 5.84 Å². The second-order valence-electron chi connectivity index (χ2n) is 1.70. The van der Waals surface area contributed by atoms with Gasteiger partial charge in [-0.25, -0.2) is 4.99 Å². The number of hydrogen-bond donors (Lipinski definition) is 1. The number of nitrogens with two attached hydrogens (primary N) is 1. The van der Waals surface area contributed by atoms with Crippen molar-refractivity contribution in [2.24, 2.45) is 13.9 Å². The highest BCUT2D eigenvalue weighted by Crippen LogP contribution is 2.20. The molecular formula is C5H4ClF3IN3. The van der Waals surface area contributed by atoms with Crippen molar-refractivity contribution in [3.63, 3.8) is 0 Å². The zero-order valence-corrected chi connectivity index (χ0v) is 8.93. The summed E-state index contributed by atoms with van der Waals surface area (Å²) in [7, 11) is 0. The number of hydrogen-bond acceptors (Lipinski definition) is 2. The molecule has 0 rings (SSSR count). The van der Waals surface area contributed by atoms with E-state index in [1.54, 1.807) is 0 Å². The van der Waals surface area contributed by atoms with E-state index in [1.165, 1.54) is 22.9 Å². The normalized spacial score (nSPS) is 15.5. The summed E-state index contributed by atoms with van der Waals surface area (Å²) >= 11 is 6.31. The fourth-order valence-electron chi connectivity index (χ4n) is 0.334. The topological polar surface area (TPSA) is 50.7 Å². The van der Waals surface area contributed by atoms with Crippen molar-refractivity contribution in [2.75, 3.05) is 0 Å². The van der Waals surface area contributed by atoms with Gasteiger partial charge >= 0.3 is 6.18 Å². The van der Waals surface area contributed by atoms with Gasteiger partial charge in [-0.1, -0.05) is 11.6 Å². The van der Waals surface area contributed by atoms with E-state index in [9.17, 15) is 13.2 Å². The maximum absolute atomic E-state index is 11.8. The van der Waals surface area contributed by atoms with Crippen molar-refractivity contribution in [3.05, 3.63) is 12.3 Å². The third-order valence-electron chi connectivity index (χ3n) is 0.779. The van der Waals surface area contributed by atoms with E-state index in [4.69, 9.17) is 17.3 Å². The third-order valence-corrected chi connectivity index (χ3v) is 1.57. The van der Waals surface area contributed by atoms with Gasteiger partial charge in [-0.05, 0) is 12.3 Å². The van der Waals surface area contributed by atoms with Crippen LogP contribution in [0.4, 0.5) is 13.2 Å². The minimum absolute atomic E-state index is 0.203. The molecule has 0 radical (unpaired) electrons. The molecule has 0 aliphatic carbocycles. The number of halogens is 5. The molecule has 0 atom stereocenters. The van der Waals surface area contributed by atoms with Crippen LogP contribution in [0.2, 0.25) is 0 Å². The van der Waals surface area contributed by atoms with Gasteiger partial charge in [-0.2, -0.15) is 16.4 Å². The molecule has 8 heteroatoms. The van der Waals surface area contributed by atoms with E-state index in [1.807, 2.05) is 0 Å².